The first-order valence-electron chi connectivity index (χ1n) is 4.13. The van der Waals surface area contributed by atoms with E-state index in [1.807, 2.05) is 23.9 Å². The average molecular weight is 152 g/mol. The summed E-state index contributed by atoms with van der Waals surface area (Å²) in [4.78, 5) is 0. The van der Waals surface area contributed by atoms with Crippen molar-refractivity contribution >= 4 is 0 Å². The Morgan fingerprint density at radius 2 is 2.00 bits per heavy atom. The zero-order chi connectivity index (χ0) is 8.43. The SMILES string of the molecule is Cc1ccn(C(C)C(C)C)n1. The molecule has 0 aliphatic heterocycles. The lowest BCUT2D eigenvalue weighted by Crippen LogP contribution is -2.11. The fourth-order valence-electron chi connectivity index (χ4n) is 0.965. The highest BCUT2D eigenvalue weighted by Crippen LogP contribution is 2.15. The van der Waals surface area contributed by atoms with Crippen LogP contribution in [0, 0.1) is 12.8 Å². The fraction of sp³-hybridized carbons (Fsp3) is 0.667. The van der Waals surface area contributed by atoms with Gasteiger partial charge >= 0.3 is 0 Å². The fourth-order valence-corrected chi connectivity index (χ4v) is 0.965. The minimum absolute atomic E-state index is 0.503. The molecule has 1 unspecified atom stereocenters. The second-order valence-electron chi connectivity index (χ2n) is 3.42. The first-order valence-corrected chi connectivity index (χ1v) is 4.13. The van der Waals surface area contributed by atoms with Gasteiger partial charge in [-0.2, -0.15) is 5.10 Å². The van der Waals surface area contributed by atoms with Crippen molar-refractivity contribution in [3.63, 3.8) is 0 Å². The highest BCUT2D eigenvalue weighted by Gasteiger charge is 2.08. The van der Waals surface area contributed by atoms with Crippen LogP contribution in [0.15, 0.2) is 12.3 Å². The summed E-state index contributed by atoms with van der Waals surface area (Å²) < 4.78 is 2.03. The number of hydrogen-bond acceptors (Lipinski definition) is 1. The highest BCUT2D eigenvalue weighted by molar-refractivity contribution is 4.95. The number of aromatic nitrogens is 2. The van der Waals surface area contributed by atoms with Gasteiger partial charge in [0.2, 0.25) is 0 Å². The quantitative estimate of drug-likeness (QED) is 0.636. The summed E-state index contributed by atoms with van der Waals surface area (Å²) in [5.74, 6) is 0.647. The summed E-state index contributed by atoms with van der Waals surface area (Å²) in [6.45, 7) is 8.63. The first kappa shape index (κ1) is 8.31. The molecule has 0 saturated heterocycles. The zero-order valence-corrected chi connectivity index (χ0v) is 7.70. The van der Waals surface area contributed by atoms with E-state index in [1.165, 1.54) is 0 Å². The average Bonchev–Trinajstić information content (AvgIpc) is 2.34. The van der Waals surface area contributed by atoms with Crippen molar-refractivity contribution in [2.75, 3.05) is 0 Å². The van der Waals surface area contributed by atoms with E-state index in [1.54, 1.807) is 0 Å². The van der Waals surface area contributed by atoms with Gasteiger partial charge in [0, 0.05) is 6.20 Å². The third-order valence-corrected chi connectivity index (χ3v) is 2.12. The summed E-state index contributed by atoms with van der Waals surface area (Å²) in [5, 5.41) is 4.35. The van der Waals surface area contributed by atoms with Crippen LogP contribution in [-0.4, -0.2) is 9.78 Å². The molecule has 2 nitrogen and oxygen atoms in total. The lowest BCUT2D eigenvalue weighted by molar-refractivity contribution is 0.374. The largest absolute Gasteiger partial charge is 0.269 e. The Kier molecular flexibility index (Phi) is 2.32. The van der Waals surface area contributed by atoms with Crippen molar-refractivity contribution in [2.24, 2.45) is 5.92 Å². The predicted octanol–water partition coefficient (Wildman–Crippen LogP) is 2.41. The molecule has 1 aromatic heterocycles. The van der Waals surface area contributed by atoms with Crippen LogP contribution in [0.25, 0.3) is 0 Å². The molecule has 1 aromatic rings. The van der Waals surface area contributed by atoms with Gasteiger partial charge in [0.1, 0.15) is 0 Å². The Balaban J connectivity index is 2.76. The van der Waals surface area contributed by atoms with Crippen molar-refractivity contribution in [3.8, 4) is 0 Å². The summed E-state index contributed by atoms with van der Waals surface area (Å²) in [5.41, 5.74) is 1.09. The Bertz CT molecular complexity index is 225. The smallest absolute Gasteiger partial charge is 0.0593 e. The maximum absolute atomic E-state index is 4.35. The third-order valence-electron chi connectivity index (χ3n) is 2.12. The highest BCUT2D eigenvalue weighted by atomic mass is 15.3. The van der Waals surface area contributed by atoms with Gasteiger partial charge < -0.3 is 0 Å². The van der Waals surface area contributed by atoms with Crippen molar-refractivity contribution in [1.82, 2.24) is 9.78 Å². The molecule has 0 fully saturated rings. The maximum Gasteiger partial charge on any atom is 0.0593 e. The molecular formula is C9H16N2. The lowest BCUT2D eigenvalue weighted by Gasteiger charge is -2.15. The van der Waals surface area contributed by atoms with Crippen LogP contribution in [0.4, 0.5) is 0 Å². The molecule has 62 valence electrons. The van der Waals surface area contributed by atoms with Gasteiger partial charge in [0.05, 0.1) is 11.7 Å². The summed E-state index contributed by atoms with van der Waals surface area (Å²) >= 11 is 0. The van der Waals surface area contributed by atoms with Crippen molar-refractivity contribution < 1.29 is 0 Å². The Morgan fingerprint density at radius 1 is 1.36 bits per heavy atom. The van der Waals surface area contributed by atoms with Gasteiger partial charge in [-0.3, -0.25) is 4.68 Å². The van der Waals surface area contributed by atoms with E-state index < -0.39 is 0 Å². The van der Waals surface area contributed by atoms with Gasteiger partial charge in [-0.15, -0.1) is 0 Å². The van der Waals surface area contributed by atoms with Crippen LogP contribution in [0.5, 0.6) is 0 Å². The molecule has 1 rings (SSSR count). The topological polar surface area (TPSA) is 17.8 Å². The minimum atomic E-state index is 0.503. The molecule has 0 saturated carbocycles. The van der Waals surface area contributed by atoms with E-state index in [4.69, 9.17) is 0 Å². The Labute approximate surface area is 68.2 Å². The monoisotopic (exact) mass is 152 g/mol. The molecule has 1 atom stereocenters. The van der Waals surface area contributed by atoms with Gasteiger partial charge in [-0.1, -0.05) is 13.8 Å². The van der Waals surface area contributed by atoms with Gasteiger partial charge in [0.15, 0.2) is 0 Å². The third kappa shape index (κ3) is 1.82. The standard InChI is InChI=1S/C9H16N2/c1-7(2)9(4)11-6-5-8(3)10-11/h5-7,9H,1-4H3. The molecule has 0 amide bonds. The molecule has 0 spiro atoms. The van der Waals surface area contributed by atoms with Crippen LogP contribution in [0.2, 0.25) is 0 Å². The number of aryl methyl sites for hydroxylation is 1. The zero-order valence-electron chi connectivity index (χ0n) is 7.70. The van der Waals surface area contributed by atoms with E-state index in [0.29, 0.717) is 12.0 Å². The number of nitrogens with zero attached hydrogens (tertiary/aromatic N) is 2. The normalized spacial score (nSPS) is 13.9. The van der Waals surface area contributed by atoms with Gasteiger partial charge in [-0.05, 0) is 25.8 Å². The molecule has 2 heteroatoms. The van der Waals surface area contributed by atoms with Crippen LogP contribution in [0.3, 0.4) is 0 Å². The van der Waals surface area contributed by atoms with Crippen LogP contribution < -0.4 is 0 Å². The molecule has 0 bridgehead atoms. The van der Waals surface area contributed by atoms with E-state index in [9.17, 15) is 0 Å². The van der Waals surface area contributed by atoms with Crippen LogP contribution >= 0.6 is 0 Å². The van der Waals surface area contributed by atoms with Crippen LogP contribution in [-0.2, 0) is 0 Å². The number of hydrogen-bond donors (Lipinski definition) is 0. The lowest BCUT2D eigenvalue weighted by atomic mass is 10.1. The minimum Gasteiger partial charge on any atom is -0.269 e. The summed E-state index contributed by atoms with van der Waals surface area (Å²) in [6, 6.07) is 2.54. The molecule has 0 aliphatic carbocycles. The molecule has 0 aliphatic rings. The van der Waals surface area contributed by atoms with Gasteiger partial charge in [-0.25, -0.2) is 0 Å². The first-order chi connectivity index (χ1) is 5.11. The van der Waals surface area contributed by atoms with Crippen molar-refractivity contribution in [3.05, 3.63) is 18.0 Å². The maximum atomic E-state index is 4.35. The van der Waals surface area contributed by atoms with Gasteiger partial charge in [0.25, 0.3) is 0 Å². The Morgan fingerprint density at radius 3 is 2.36 bits per heavy atom. The number of rotatable bonds is 2. The van der Waals surface area contributed by atoms with Crippen molar-refractivity contribution in [2.45, 2.75) is 33.7 Å². The van der Waals surface area contributed by atoms with Crippen molar-refractivity contribution in [1.29, 1.82) is 0 Å². The molecule has 0 N–H and O–H groups in total. The van der Waals surface area contributed by atoms with E-state index in [-0.39, 0.29) is 0 Å². The van der Waals surface area contributed by atoms with E-state index in [2.05, 4.69) is 25.9 Å². The molecule has 1 heterocycles. The van der Waals surface area contributed by atoms with E-state index in [0.717, 1.165) is 5.69 Å². The predicted molar refractivity (Wildman–Crippen MR) is 46.5 cm³/mol. The molecule has 11 heavy (non-hydrogen) atoms. The molecule has 0 aromatic carbocycles. The summed E-state index contributed by atoms with van der Waals surface area (Å²) in [6.07, 6.45) is 2.04. The molecular weight excluding hydrogens is 136 g/mol. The second kappa shape index (κ2) is 3.07. The van der Waals surface area contributed by atoms with E-state index >= 15 is 0 Å². The second-order valence-corrected chi connectivity index (χ2v) is 3.42. The van der Waals surface area contributed by atoms with Crippen LogP contribution in [0.1, 0.15) is 32.5 Å². The Hall–Kier alpha value is -0.790. The molecule has 0 radical (unpaired) electrons. The summed E-state index contributed by atoms with van der Waals surface area (Å²) in [7, 11) is 0.